The second kappa shape index (κ2) is 4.98. The summed E-state index contributed by atoms with van der Waals surface area (Å²) in [4.78, 5) is 25.9. The fourth-order valence-corrected chi connectivity index (χ4v) is 2.37. The maximum absolute atomic E-state index is 13.8. The van der Waals surface area contributed by atoms with Gasteiger partial charge >= 0.3 is 0 Å². The van der Waals surface area contributed by atoms with E-state index >= 15 is 0 Å². The number of carbonyl (C=O) groups excluding carboxylic acids is 2. The number of carbonyl (C=O) groups is 2. The van der Waals surface area contributed by atoms with Crippen LogP contribution in [0.1, 0.15) is 40.0 Å². The largest absolute Gasteiger partial charge is 0.391 e. The molecule has 0 bridgehead atoms. The van der Waals surface area contributed by atoms with Crippen LogP contribution < -0.4 is 5.32 Å². The quantitative estimate of drug-likeness (QED) is 0.799. The molecule has 1 saturated heterocycles. The predicted octanol–water partition coefficient (Wildman–Crippen LogP) is 0.613. The number of hydrogen-bond acceptors (Lipinski definition) is 3. The molecule has 1 aliphatic carbocycles. The van der Waals surface area contributed by atoms with Crippen molar-refractivity contribution in [3.05, 3.63) is 0 Å². The highest BCUT2D eigenvalue weighted by molar-refractivity contribution is 5.93. The van der Waals surface area contributed by atoms with Gasteiger partial charge in [0.1, 0.15) is 6.04 Å². The number of amides is 2. The highest BCUT2D eigenvalue weighted by atomic mass is 19.1. The third-order valence-electron chi connectivity index (χ3n) is 3.96. The lowest BCUT2D eigenvalue weighted by atomic mass is 9.85. The van der Waals surface area contributed by atoms with Crippen LogP contribution in [0, 0.1) is 5.41 Å². The Kier molecular flexibility index (Phi) is 3.79. The number of rotatable bonds is 3. The normalized spacial score (nSPS) is 26.2. The van der Waals surface area contributed by atoms with Crippen LogP contribution in [0.2, 0.25) is 0 Å². The minimum absolute atomic E-state index is 0.228. The summed E-state index contributed by atoms with van der Waals surface area (Å²) in [5.74, 6) is -0.933. The minimum atomic E-state index is -1.78. The summed E-state index contributed by atoms with van der Waals surface area (Å²) in [5.41, 5.74) is -2.29. The minimum Gasteiger partial charge on any atom is -0.391 e. The van der Waals surface area contributed by atoms with E-state index in [1.165, 1.54) is 0 Å². The van der Waals surface area contributed by atoms with Crippen molar-refractivity contribution in [2.45, 2.75) is 57.8 Å². The van der Waals surface area contributed by atoms with Crippen LogP contribution in [-0.2, 0) is 9.59 Å². The van der Waals surface area contributed by atoms with Crippen molar-refractivity contribution in [2.75, 3.05) is 13.1 Å². The number of halogens is 1. The van der Waals surface area contributed by atoms with E-state index in [9.17, 15) is 19.1 Å². The summed E-state index contributed by atoms with van der Waals surface area (Å²) in [7, 11) is 0. The molecule has 0 spiro atoms. The zero-order valence-corrected chi connectivity index (χ0v) is 12.3. The van der Waals surface area contributed by atoms with E-state index in [0.717, 1.165) is 0 Å². The first-order valence-electron chi connectivity index (χ1n) is 7.10. The maximum Gasteiger partial charge on any atom is 0.258 e. The molecule has 114 valence electrons. The number of hydrogen-bond donors (Lipinski definition) is 2. The van der Waals surface area contributed by atoms with E-state index in [4.69, 9.17) is 0 Å². The monoisotopic (exact) mass is 286 g/mol. The molecule has 2 aliphatic rings. The topological polar surface area (TPSA) is 69.6 Å². The molecule has 0 aromatic carbocycles. The van der Waals surface area contributed by atoms with Gasteiger partial charge in [-0.1, -0.05) is 20.8 Å². The van der Waals surface area contributed by atoms with Crippen LogP contribution in [0.15, 0.2) is 0 Å². The Morgan fingerprint density at radius 1 is 1.40 bits per heavy atom. The molecule has 1 saturated carbocycles. The van der Waals surface area contributed by atoms with Crippen LogP contribution in [0.5, 0.6) is 0 Å². The Morgan fingerprint density at radius 2 is 2.00 bits per heavy atom. The van der Waals surface area contributed by atoms with Gasteiger partial charge in [-0.15, -0.1) is 0 Å². The van der Waals surface area contributed by atoms with Gasteiger partial charge in [0.15, 0.2) is 5.67 Å². The summed E-state index contributed by atoms with van der Waals surface area (Å²) in [5, 5.41) is 12.1. The summed E-state index contributed by atoms with van der Waals surface area (Å²) in [6, 6.07) is -0.770. The third-order valence-corrected chi connectivity index (χ3v) is 3.96. The van der Waals surface area contributed by atoms with Crippen molar-refractivity contribution in [3.8, 4) is 0 Å². The molecule has 2 amide bonds. The molecule has 6 heteroatoms. The zero-order valence-electron chi connectivity index (χ0n) is 12.3. The molecule has 2 fully saturated rings. The number of β-amino-alcohol motifs (C(OH)–C–C–N with tert-alkyl or cyclic N) is 1. The van der Waals surface area contributed by atoms with Gasteiger partial charge in [0.25, 0.3) is 5.91 Å². The zero-order chi connectivity index (χ0) is 15.1. The lowest BCUT2D eigenvalue weighted by molar-refractivity contribution is -0.140. The van der Waals surface area contributed by atoms with Crippen LogP contribution in [0.25, 0.3) is 0 Å². The predicted molar refractivity (Wildman–Crippen MR) is 71.7 cm³/mol. The molecule has 2 rings (SSSR count). The highest BCUT2D eigenvalue weighted by Gasteiger charge is 2.52. The maximum atomic E-state index is 13.8. The number of likely N-dealkylation sites (tertiary alicyclic amines) is 1. The van der Waals surface area contributed by atoms with Gasteiger partial charge in [-0.05, 0) is 24.7 Å². The molecular weight excluding hydrogens is 263 g/mol. The number of aliphatic hydroxyl groups excluding tert-OH is 1. The van der Waals surface area contributed by atoms with E-state index in [-0.39, 0.29) is 25.3 Å². The molecule has 1 unspecified atom stereocenters. The van der Waals surface area contributed by atoms with Gasteiger partial charge in [-0.3, -0.25) is 9.59 Å². The summed E-state index contributed by atoms with van der Waals surface area (Å²) in [6.07, 6.45) is 0.494. The standard InChI is InChI=1S/C14H23FN2O3/c1-13(2,3)10(16-12(20)14(15)5-6-14)11(19)17-7-4-9(18)8-17/h9-10,18H,4-8H2,1-3H3,(H,16,20)/t9-,10?/m1/s1. The SMILES string of the molecule is CC(C)(C)C(NC(=O)C1(F)CC1)C(=O)N1CC[C@@H](O)C1. The summed E-state index contributed by atoms with van der Waals surface area (Å²) < 4.78 is 13.8. The fraction of sp³-hybridized carbons (Fsp3) is 0.857. The van der Waals surface area contributed by atoms with Crippen LogP contribution >= 0.6 is 0 Å². The average molecular weight is 286 g/mol. The highest BCUT2D eigenvalue weighted by Crippen LogP contribution is 2.40. The summed E-state index contributed by atoms with van der Waals surface area (Å²) in [6.45, 7) is 6.26. The third kappa shape index (κ3) is 3.11. The van der Waals surface area contributed by atoms with Gasteiger partial charge in [0.05, 0.1) is 6.10 Å². The van der Waals surface area contributed by atoms with Gasteiger partial charge in [-0.2, -0.15) is 0 Å². The molecule has 20 heavy (non-hydrogen) atoms. The molecule has 1 heterocycles. The van der Waals surface area contributed by atoms with Gasteiger partial charge < -0.3 is 15.3 Å². The van der Waals surface area contributed by atoms with Crippen LogP contribution in [0.4, 0.5) is 4.39 Å². The van der Waals surface area contributed by atoms with Gasteiger partial charge in [0, 0.05) is 13.1 Å². The first kappa shape index (κ1) is 15.2. The molecule has 5 nitrogen and oxygen atoms in total. The van der Waals surface area contributed by atoms with E-state index in [2.05, 4.69) is 5.32 Å². The van der Waals surface area contributed by atoms with E-state index in [1.807, 2.05) is 20.8 Å². The van der Waals surface area contributed by atoms with E-state index < -0.39 is 29.1 Å². The van der Waals surface area contributed by atoms with Crippen LogP contribution in [-0.4, -0.2) is 52.7 Å². The van der Waals surface area contributed by atoms with Crippen molar-refractivity contribution in [1.82, 2.24) is 10.2 Å². The van der Waals surface area contributed by atoms with Crippen molar-refractivity contribution in [1.29, 1.82) is 0 Å². The lowest BCUT2D eigenvalue weighted by Crippen LogP contribution is -2.56. The van der Waals surface area contributed by atoms with Crippen molar-refractivity contribution in [2.24, 2.45) is 5.41 Å². The smallest absolute Gasteiger partial charge is 0.258 e. The Hall–Kier alpha value is -1.17. The van der Waals surface area contributed by atoms with E-state index in [0.29, 0.717) is 13.0 Å². The lowest BCUT2D eigenvalue weighted by Gasteiger charge is -2.33. The number of nitrogens with one attached hydrogen (secondary N) is 1. The first-order valence-corrected chi connectivity index (χ1v) is 7.10. The van der Waals surface area contributed by atoms with Crippen molar-refractivity contribution < 1.29 is 19.1 Å². The Labute approximate surface area is 118 Å². The second-order valence-corrected chi connectivity index (χ2v) is 6.96. The van der Waals surface area contributed by atoms with Crippen molar-refractivity contribution in [3.63, 3.8) is 0 Å². The Morgan fingerprint density at radius 3 is 2.40 bits per heavy atom. The summed E-state index contributed by atoms with van der Waals surface area (Å²) >= 11 is 0. The van der Waals surface area contributed by atoms with E-state index in [1.54, 1.807) is 4.90 Å². The molecule has 0 aromatic rings. The number of aliphatic hydroxyl groups is 1. The molecule has 1 aliphatic heterocycles. The van der Waals surface area contributed by atoms with Gasteiger partial charge in [-0.25, -0.2) is 4.39 Å². The molecule has 2 atom stereocenters. The second-order valence-electron chi connectivity index (χ2n) is 6.96. The number of nitrogens with zero attached hydrogens (tertiary/aromatic N) is 1. The number of alkyl halides is 1. The van der Waals surface area contributed by atoms with Crippen molar-refractivity contribution >= 4 is 11.8 Å². The Bertz CT molecular complexity index is 415. The fourth-order valence-electron chi connectivity index (χ4n) is 2.37. The Balaban J connectivity index is 2.07. The average Bonchev–Trinajstić information content (AvgIpc) is 2.93. The molecular formula is C14H23FN2O3. The molecule has 0 aromatic heterocycles. The first-order chi connectivity index (χ1) is 9.13. The van der Waals surface area contributed by atoms with Crippen LogP contribution in [0.3, 0.4) is 0 Å². The molecule has 0 radical (unpaired) electrons. The molecule has 2 N–H and O–H groups in total. The van der Waals surface area contributed by atoms with Gasteiger partial charge in [0.2, 0.25) is 5.91 Å².